The number of nitrogens with zero attached hydrogens (tertiary/aromatic N) is 3. The van der Waals surface area contributed by atoms with Crippen molar-refractivity contribution in [2.45, 2.75) is 46.4 Å². The molecular weight excluding hydrogens is 378 g/mol. The minimum atomic E-state index is -1.13. The van der Waals surface area contributed by atoms with Crippen molar-refractivity contribution in [3.8, 4) is 0 Å². The summed E-state index contributed by atoms with van der Waals surface area (Å²) in [6.45, 7) is 10.1. The third-order valence-electron chi connectivity index (χ3n) is 5.10. The molecule has 3 N–H and O–H groups in total. The quantitative estimate of drug-likeness (QED) is 0.393. The van der Waals surface area contributed by atoms with Crippen LogP contribution >= 0.6 is 0 Å². The molecule has 7 heteroatoms. The van der Waals surface area contributed by atoms with Crippen LogP contribution in [0.1, 0.15) is 42.1 Å². The molecule has 3 aromatic rings. The summed E-state index contributed by atoms with van der Waals surface area (Å²) in [6.07, 6.45) is 1.56. The highest BCUT2D eigenvalue weighted by molar-refractivity contribution is 5.79. The van der Waals surface area contributed by atoms with Crippen molar-refractivity contribution < 1.29 is 9.52 Å². The highest BCUT2D eigenvalue weighted by Crippen LogP contribution is 2.20. The summed E-state index contributed by atoms with van der Waals surface area (Å²) in [5.74, 6) is 1.15. The number of aryl methyl sites for hydroxylation is 1. The fourth-order valence-corrected chi connectivity index (χ4v) is 3.30. The van der Waals surface area contributed by atoms with E-state index < -0.39 is 5.60 Å². The second-order valence-electron chi connectivity index (χ2n) is 7.59. The van der Waals surface area contributed by atoms with Crippen LogP contribution in [0, 0.1) is 13.8 Å². The first-order chi connectivity index (χ1) is 14.4. The number of aliphatic imine (C=N–C) groups is 1. The lowest BCUT2D eigenvalue weighted by Crippen LogP contribution is -2.44. The standard InChI is InChI=1S/C23H31N5O2/c1-5-24-22(26-16-23(4,29)21-12-9-13-30-21)25-14-20-17(2)27-28(18(20)3)15-19-10-7-6-8-11-19/h6-13,29H,5,14-16H2,1-4H3,(H2,24,25,26). The Hall–Kier alpha value is -3.06. The maximum Gasteiger partial charge on any atom is 0.191 e. The van der Waals surface area contributed by atoms with Gasteiger partial charge in [-0.1, -0.05) is 30.3 Å². The van der Waals surface area contributed by atoms with Gasteiger partial charge in [0.1, 0.15) is 11.4 Å². The largest absolute Gasteiger partial charge is 0.466 e. The maximum absolute atomic E-state index is 10.7. The number of aromatic nitrogens is 2. The highest BCUT2D eigenvalue weighted by Gasteiger charge is 2.26. The molecule has 160 valence electrons. The lowest BCUT2D eigenvalue weighted by Gasteiger charge is -2.22. The van der Waals surface area contributed by atoms with Gasteiger partial charge in [0.25, 0.3) is 0 Å². The molecule has 0 saturated carbocycles. The van der Waals surface area contributed by atoms with E-state index >= 15 is 0 Å². The molecule has 0 saturated heterocycles. The Labute approximate surface area is 177 Å². The summed E-state index contributed by atoms with van der Waals surface area (Å²) < 4.78 is 7.37. The third kappa shape index (κ3) is 5.30. The average molecular weight is 410 g/mol. The second-order valence-corrected chi connectivity index (χ2v) is 7.59. The molecule has 1 aromatic carbocycles. The first-order valence-corrected chi connectivity index (χ1v) is 10.3. The van der Waals surface area contributed by atoms with Crippen molar-refractivity contribution in [3.63, 3.8) is 0 Å². The number of hydrogen-bond acceptors (Lipinski definition) is 4. The number of furan rings is 1. The molecule has 0 aliphatic rings. The van der Waals surface area contributed by atoms with Crippen molar-refractivity contribution in [3.05, 3.63) is 77.0 Å². The van der Waals surface area contributed by atoms with E-state index in [1.165, 1.54) is 5.56 Å². The van der Waals surface area contributed by atoms with Crippen molar-refractivity contribution in [1.82, 2.24) is 20.4 Å². The van der Waals surface area contributed by atoms with E-state index in [0.717, 1.165) is 30.0 Å². The molecule has 30 heavy (non-hydrogen) atoms. The Bertz CT molecular complexity index is 959. The first kappa shape index (κ1) is 21.6. The topological polar surface area (TPSA) is 87.6 Å². The van der Waals surface area contributed by atoms with Crippen LogP contribution in [-0.4, -0.2) is 33.9 Å². The van der Waals surface area contributed by atoms with Crippen LogP contribution < -0.4 is 10.6 Å². The van der Waals surface area contributed by atoms with Gasteiger partial charge in [0.2, 0.25) is 0 Å². The number of guanidine groups is 1. The predicted octanol–water partition coefficient (Wildman–Crippen LogP) is 3.10. The van der Waals surface area contributed by atoms with Crippen molar-refractivity contribution in [1.29, 1.82) is 0 Å². The Morgan fingerprint density at radius 2 is 1.93 bits per heavy atom. The number of benzene rings is 1. The van der Waals surface area contributed by atoms with Crippen molar-refractivity contribution >= 4 is 5.96 Å². The van der Waals surface area contributed by atoms with Gasteiger partial charge in [-0.3, -0.25) is 4.68 Å². The van der Waals surface area contributed by atoms with Crippen LogP contribution in [0.3, 0.4) is 0 Å². The molecule has 0 aliphatic carbocycles. The van der Waals surface area contributed by atoms with Crippen molar-refractivity contribution in [2.75, 3.05) is 13.1 Å². The second kappa shape index (κ2) is 9.63. The Kier molecular flexibility index (Phi) is 6.95. The lowest BCUT2D eigenvalue weighted by molar-refractivity contribution is 0.0386. The smallest absolute Gasteiger partial charge is 0.191 e. The summed E-state index contributed by atoms with van der Waals surface area (Å²) in [4.78, 5) is 4.71. The molecule has 1 atom stereocenters. The molecule has 1 unspecified atom stereocenters. The van der Waals surface area contributed by atoms with Crippen LogP contribution in [0.25, 0.3) is 0 Å². The van der Waals surface area contributed by atoms with Crippen LogP contribution in [0.4, 0.5) is 0 Å². The molecule has 0 bridgehead atoms. The monoisotopic (exact) mass is 409 g/mol. The zero-order chi connectivity index (χ0) is 21.6. The van der Waals surface area contributed by atoms with Crippen LogP contribution in [0.2, 0.25) is 0 Å². The minimum absolute atomic E-state index is 0.275. The Morgan fingerprint density at radius 1 is 1.17 bits per heavy atom. The number of hydrogen-bond donors (Lipinski definition) is 3. The van der Waals surface area contributed by atoms with E-state index in [2.05, 4.69) is 29.7 Å². The Balaban J connectivity index is 1.70. The molecular formula is C23H31N5O2. The van der Waals surface area contributed by atoms with E-state index in [0.29, 0.717) is 18.3 Å². The van der Waals surface area contributed by atoms with Gasteiger partial charge in [0.05, 0.1) is 31.6 Å². The minimum Gasteiger partial charge on any atom is -0.466 e. The lowest BCUT2D eigenvalue weighted by atomic mass is 10.0. The van der Waals surface area contributed by atoms with Gasteiger partial charge in [-0.2, -0.15) is 5.10 Å². The molecule has 0 amide bonds. The van der Waals surface area contributed by atoms with Crippen molar-refractivity contribution in [2.24, 2.45) is 4.99 Å². The molecule has 7 nitrogen and oxygen atoms in total. The predicted molar refractivity (Wildman–Crippen MR) is 118 cm³/mol. The van der Waals surface area contributed by atoms with Gasteiger partial charge < -0.3 is 20.2 Å². The number of aliphatic hydroxyl groups is 1. The summed E-state index contributed by atoms with van der Waals surface area (Å²) in [7, 11) is 0. The highest BCUT2D eigenvalue weighted by atomic mass is 16.4. The molecule has 2 heterocycles. The van der Waals surface area contributed by atoms with Gasteiger partial charge in [-0.25, -0.2) is 4.99 Å². The van der Waals surface area contributed by atoms with Gasteiger partial charge >= 0.3 is 0 Å². The molecule has 0 radical (unpaired) electrons. The first-order valence-electron chi connectivity index (χ1n) is 10.3. The van der Waals surface area contributed by atoms with Gasteiger partial charge in [0, 0.05) is 17.8 Å². The SMILES string of the molecule is CCNC(=NCc1c(C)nn(Cc2ccccc2)c1C)NCC(C)(O)c1ccco1. The van der Waals surface area contributed by atoms with Gasteiger partial charge in [-0.15, -0.1) is 0 Å². The van der Waals surface area contributed by atoms with E-state index in [4.69, 9.17) is 14.5 Å². The molecule has 2 aromatic heterocycles. The average Bonchev–Trinajstić information content (AvgIpc) is 3.35. The fourth-order valence-electron chi connectivity index (χ4n) is 3.30. The third-order valence-corrected chi connectivity index (χ3v) is 5.10. The molecule has 0 fully saturated rings. The van der Waals surface area contributed by atoms with Crippen LogP contribution in [0.5, 0.6) is 0 Å². The van der Waals surface area contributed by atoms with E-state index in [1.807, 2.05) is 36.7 Å². The summed E-state index contributed by atoms with van der Waals surface area (Å²) in [6, 6.07) is 13.8. The zero-order valence-corrected chi connectivity index (χ0v) is 18.1. The number of rotatable bonds is 8. The van der Waals surface area contributed by atoms with Gasteiger partial charge in [0.15, 0.2) is 5.96 Å². The fraction of sp³-hybridized carbons (Fsp3) is 0.391. The normalized spacial score (nSPS) is 13.8. The zero-order valence-electron chi connectivity index (χ0n) is 18.1. The van der Waals surface area contributed by atoms with Crippen LogP contribution in [-0.2, 0) is 18.7 Å². The summed E-state index contributed by atoms with van der Waals surface area (Å²) >= 11 is 0. The maximum atomic E-state index is 10.7. The van der Waals surface area contributed by atoms with E-state index in [9.17, 15) is 5.11 Å². The molecule has 0 spiro atoms. The van der Waals surface area contributed by atoms with E-state index in [-0.39, 0.29) is 6.54 Å². The van der Waals surface area contributed by atoms with Gasteiger partial charge in [-0.05, 0) is 45.4 Å². The van der Waals surface area contributed by atoms with E-state index in [1.54, 1.807) is 25.3 Å². The van der Waals surface area contributed by atoms with Crippen LogP contribution in [0.15, 0.2) is 58.1 Å². The molecule has 0 aliphatic heterocycles. The summed E-state index contributed by atoms with van der Waals surface area (Å²) in [5.41, 5.74) is 3.28. The summed E-state index contributed by atoms with van der Waals surface area (Å²) in [5, 5.41) is 21.8. The number of nitrogens with one attached hydrogen (secondary N) is 2. The Morgan fingerprint density at radius 3 is 2.60 bits per heavy atom. The molecule has 3 rings (SSSR count).